The monoisotopic (exact) mass is 368 g/mol. The highest BCUT2D eigenvalue weighted by molar-refractivity contribution is 5.54. The van der Waals surface area contributed by atoms with E-state index in [-0.39, 0.29) is 0 Å². The summed E-state index contributed by atoms with van der Waals surface area (Å²) in [6, 6.07) is 18.7. The molecule has 0 fully saturated rings. The van der Waals surface area contributed by atoms with Crippen LogP contribution in [0, 0.1) is 6.92 Å². The lowest BCUT2D eigenvalue weighted by Crippen LogP contribution is -2.17. The lowest BCUT2D eigenvalue weighted by Gasteiger charge is -2.17. The molecule has 0 aliphatic rings. The van der Waals surface area contributed by atoms with E-state index in [0.717, 1.165) is 18.7 Å². The zero-order valence-electron chi connectivity index (χ0n) is 16.7. The van der Waals surface area contributed by atoms with Crippen LogP contribution >= 0.6 is 0 Å². The highest BCUT2D eigenvalue weighted by Gasteiger charge is 2.05. The third kappa shape index (κ3) is 7.58. The lowest BCUT2D eigenvalue weighted by molar-refractivity contribution is 0.319. The Morgan fingerprint density at radius 3 is 1.74 bits per heavy atom. The van der Waals surface area contributed by atoms with Crippen LogP contribution in [0.3, 0.4) is 0 Å². The molecule has 0 unspecified atom stereocenters. The third-order valence-corrected chi connectivity index (χ3v) is 3.54. The van der Waals surface area contributed by atoms with Gasteiger partial charge in [-0.2, -0.15) is 0 Å². The molecule has 0 atom stereocenters. The van der Waals surface area contributed by atoms with Crippen molar-refractivity contribution in [1.29, 1.82) is 0 Å². The first-order chi connectivity index (χ1) is 13.2. The topological polar surface area (TPSA) is 54.8 Å². The molecule has 0 saturated heterocycles. The van der Waals surface area contributed by atoms with E-state index in [2.05, 4.69) is 68.7 Å². The average Bonchev–Trinajstić information content (AvgIpc) is 2.73. The minimum atomic E-state index is 0.500. The molecular formula is C21H28FN5. The van der Waals surface area contributed by atoms with E-state index in [9.17, 15) is 4.39 Å². The normalized spacial score (nSPS) is 9.74. The van der Waals surface area contributed by atoms with E-state index in [1.54, 1.807) is 6.92 Å². The maximum atomic E-state index is 9.50. The molecule has 3 rings (SSSR count). The molecule has 0 N–H and O–H groups in total. The minimum absolute atomic E-state index is 0.500. The zero-order valence-corrected chi connectivity index (χ0v) is 16.7. The van der Waals surface area contributed by atoms with Crippen molar-refractivity contribution < 1.29 is 4.39 Å². The molecule has 0 aliphatic carbocycles. The summed E-state index contributed by atoms with van der Waals surface area (Å²) in [6.07, 6.45) is 0. The van der Waals surface area contributed by atoms with Crippen LogP contribution in [0.25, 0.3) is 11.4 Å². The van der Waals surface area contributed by atoms with Crippen LogP contribution in [0.5, 0.6) is 0 Å². The standard InChI is InChI=1S/C18H19N5.C2H6.CH3F/c1-14-19-21-18(22-20-14)17-10-8-16(9-11-17)13-23(2)12-15-6-4-3-5-7-15;2*1-2/h3-11H,12-13H2,1-2H3;1-2H3;1H3/i;;2-1. The quantitative estimate of drug-likeness (QED) is 0.664. The molecule has 0 radical (unpaired) electrons. The number of alkyl halides is 1. The number of hydrogen-bond donors (Lipinski definition) is 0. The van der Waals surface area contributed by atoms with Gasteiger partial charge in [-0.05, 0) is 25.1 Å². The first-order valence-corrected chi connectivity index (χ1v) is 8.94. The highest BCUT2D eigenvalue weighted by Crippen LogP contribution is 2.15. The Balaban J connectivity index is 0.000000855. The van der Waals surface area contributed by atoms with E-state index < -0.39 is 0 Å². The number of benzene rings is 2. The molecule has 5 nitrogen and oxygen atoms in total. The van der Waals surface area contributed by atoms with E-state index in [1.165, 1.54) is 11.1 Å². The van der Waals surface area contributed by atoms with Crippen molar-refractivity contribution in [3.05, 3.63) is 71.5 Å². The predicted octanol–water partition coefficient (Wildman–Crippen LogP) is 4.49. The summed E-state index contributed by atoms with van der Waals surface area (Å²) in [7, 11) is 2.62. The summed E-state index contributed by atoms with van der Waals surface area (Å²) in [5.41, 5.74) is 3.50. The van der Waals surface area contributed by atoms with Gasteiger partial charge in [0.1, 0.15) is 0 Å². The second-order valence-electron chi connectivity index (χ2n) is 5.63. The Labute approximate surface area is 161 Å². The molecule has 144 valence electrons. The number of aromatic nitrogens is 4. The fraction of sp³-hybridized carbons (Fsp3) is 0.333. The third-order valence-electron chi connectivity index (χ3n) is 3.54. The van der Waals surface area contributed by atoms with E-state index >= 15 is 0 Å². The fourth-order valence-electron chi connectivity index (χ4n) is 2.42. The summed E-state index contributed by atoms with van der Waals surface area (Å²) in [6.45, 7) is 7.59. The van der Waals surface area contributed by atoms with Crippen molar-refractivity contribution in [2.75, 3.05) is 14.2 Å². The van der Waals surface area contributed by atoms with Crippen LogP contribution in [0.2, 0.25) is 0 Å². The summed E-state index contributed by atoms with van der Waals surface area (Å²) in [5.74, 6) is 1.13. The van der Waals surface area contributed by atoms with Crippen molar-refractivity contribution in [2.45, 2.75) is 33.9 Å². The van der Waals surface area contributed by atoms with Crippen LogP contribution in [-0.4, -0.2) is 39.5 Å². The predicted molar refractivity (Wildman–Crippen MR) is 108 cm³/mol. The smallest absolute Gasteiger partial charge is 0.203 e. The number of rotatable bonds is 5. The highest BCUT2D eigenvalue weighted by atomic mass is 18.2. The Hall–Kier alpha value is -2.73. The second kappa shape index (κ2) is 12.6. The van der Waals surface area contributed by atoms with Crippen LogP contribution in [0.1, 0.15) is 30.8 Å². The molecule has 1 heterocycles. The van der Waals surface area contributed by atoms with Crippen LogP contribution in [-0.2, 0) is 13.1 Å². The number of nitrogens with zero attached hydrogens (tertiary/aromatic N) is 5. The molecule has 6 heteroatoms. The van der Waals surface area contributed by atoms with Gasteiger partial charge in [0.25, 0.3) is 0 Å². The molecular weight excluding hydrogens is 340 g/mol. The van der Waals surface area contributed by atoms with Crippen molar-refractivity contribution in [2.24, 2.45) is 0 Å². The molecule has 0 aliphatic heterocycles. The van der Waals surface area contributed by atoms with E-state index in [4.69, 9.17) is 0 Å². The molecule has 0 saturated carbocycles. The SMILES string of the molecule is CC.C[18F].Cc1nnc(-c2ccc(CN(C)Cc3ccccc3)cc2)nn1. The van der Waals surface area contributed by atoms with E-state index in [1.807, 2.05) is 32.0 Å². The average molecular weight is 368 g/mol. The first-order valence-electron chi connectivity index (χ1n) is 8.94. The van der Waals surface area contributed by atoms with Gasteiger partial charge in [-0.1, -0.05) is 68.4 Å². The lowest BCUT2D eigenvalue weighted by atomic mass is 10.1. The second-order valence-corrected chi connectivity index (χ2v) is 5.63. The summed E-state index contributed by atoms with van der Waals surface area (Å²) in [4.78, 5) is 2.29. The summed E-state index contributed by atoms with van der Waals surface area (Å²) < 4.78 is 9.50. The minimum Gasteiger partial charge on any atom is -0.298 e. The summed E-state index contributed by atoms with van der Waals surface area (Å²) in [5, 5.41) is 16.0. The maximum absolute atomic E-state index is 9.50. The van der Waals surface area contributed by atoms with Crippen LogP contribution in [0.4, 0.5) is 4.39 Å². The van der Waals surface area contributed by atoms with Gasteiger partial charge in [0.15, 0.2) is 5.82 Å². The Morgan fingerprint density at radius 2 is 1.22 bits per heavy atom. The number of aryl methyl sites for hydroxylation is 1. The Kier molecular flexibility index (Phi) is 10.4. The molecule has 1 aromatic heterocycles. The largest absolute Gasteiger partial charge is 0.298 e. The van der Waals surface area contributed by atoms with Gasteiger partial charge in [-0.3, -0.25) is 9.29 Å². The summed E-state index contributed by atoms with van der Waals surface area (Å²) >= 11 is 0. The Bertz CT molecular complexity index is 746. The van der Waals surface area contributed by atoms with E-state index in [0.29, 0.717) is 18.8 Å². The van der Waals surface area contributed by atoms with Gasteiger partial charge >= 0.3 is 0 Å². The van der Waals surface area contributed by atoms with Gasteiger partial charge in [-0.25, -0.2) is 0 Å². The van der Waals surface area contributed by atoms with Gasteiger partial charge in [-0.15, -0.1) is 20.4 Å². The van der Waals surface area contributed by atoms with Gasteiger partial charge in [0.05, 0.1) is 7.18 Å². The molecule has 3 aromatic rings. The molecule has 0 spiro atoms. The van der Waals surface area contributed by atoms with Gasteiger partial charge < -0.3 is 0 Å². The zero-order chi connectivity index (χ0) is 20.1. The maximum Gasteiger partial charge on any atom is 0.203 e. The van der Waals surface area contributed by atoms with Crippen molar-refractivity contribution in [3.8, 4) is 11.4 Å². The molecule has 0 bridgehead atoms. The Morgan fingerprint density at radius 1 is 0.741 bits per heavy atom. The number of hydrogen-bond acceptors (Lipinski definition) is 5. The molecule has 0 amide bonds. The van der Waals surface area contributed by atoms with Gasteiger partial charge in [0.2, 0.25) is 5.82 Å². The van der Waals surface area contributed by atoms with Crippen LogP contribution < -0.4 is 0 Å². The first kappa shape index (κ1) is 22.3. The van der Waals surface area contributed by atoms with Crippen molar-refractivity contribution in [1.82, 2.24) is 25.3 Å². The van der Waals surface area contributed by atoms with Crippen molar-refractivity contribution >= 4 is 0 Å². The van der Waals surface area contributed by atoms with Crippen LogP contribution in [0.15, 0.2) is 54.6 Å². The molecule has 27 heavy (non-hydrogen) atoms. The van der Waals surface area contributed by atoms with Crippen molar-refractivity contribution in [3.63, 3.8) is 0 Å². The fourth-order valence-corrected chi connectivity index (χ4v) is 2.42. The number of halogens is 1. The van der Waals surface area contributed by atoms with Gasteiger partial charge in [0, 0.05) is 18.7 Å². The molecule has 2 aromatic carbocycles.